The van der Waals surface area contributed by atoms with Gasteiger partial charge in [0.15, 0.2) is 0 Å². The van der Waals surface area contributed by atoms with Gasteiger partial charge in [0.2, 0.25) is 5.91 Å². The largest absolute Gasteiger partial charge is 0.480 e. The Balaban J connectivity index is 3.27. The van der Waals surface area contributed by atoms with Gasteiger partial charge in [-0.05, 0) is 13.3 Å². The first-order chi connectivity index (χ1) is 9.57. The summed E-state index contributed by atoms with van der Waals surface area (Å²) < 4.78 is 7.03. The Morgan fingerprint density at radius 2 is 1.58 bits per heavy atom. The molecule has 0 aromatic rings. The molecule has 1 amide bonds. The summed E-state index contributed by atoms with van der Waals surface area (Å²) in [5.41, 5.74) is 0. The highest BCUT2D eigenvalue weighted by molar-refractivity contribution is 5.83. The quantitative estimate of drug-likeness (QED) is 0.534. The Kier molecular flexibility index (Phi) is 10.1. The number of carboxylic acids is 1. The number of nitrogens with one attached hydrogen (secondary N) is 1. The van der Waals surface area contributed by atoms with Crippen LogP contribution in [-0.4, -0.2) is 23.0 Å². The topological polar surface area (TPSA) is 66.4 Å². The molecule has 0 aliphatic heterocycles. The van der Waals surface area contributed by atoms with Crippen molar-refractivity contribution in [2.24, 2.45) is 0 Å². The van der Waals surface area contributed by atoms with E-state index in [1.165, 1.54) is 39.0 Å². The third-order valence-corrected chi connectivity index (χ3v) is 3.15. The normalized spacial score (nSPS) is 12.8. The summed E-state index contributed by atoms with van der Waals surface area (Å²) in [7, 11) is 0. The molecule has 0 saturated heterocycles. The lowest BCUT2D eigenvalue weighted by atomic mass is 10.1. The van der Waals surface area contributed by atoms with Gasteiger partial charge < -0.3 is 10.4 Å². The van der Waals surface area contributed by atoms with Crippen LogP contribution < -0.4 is 5.32 Å². The highest BCUT2D eigenvalue weighted by Crippen LogP contribution is 2.10. The van der Waals surface area contributed by atoms with E-state index in [1.807, 2.05) is 0 Å². The van der Waals surface area contributed by atoms with E-state index in [4.69, 9.17) is 6.48 Å². The van der Waals surface area contributed by atoms with Crippen molar-refractivity contribution in [3.63, 3.8) is 0 Å². The number of hydrogen-bond acceptors (Lipinski definition) is 2. The number of carboxylic acid groups (broad SMARTS) is 1. The molecule has 0 aromatic heterocycles. The number of carbonyl (C=O) groups is 2. The van der Waals surface area contributed by atoms with E-state index in [1.54, 1.807) is 0 Å². The first-order valence-corrected chi connectivity index (χ1v) is 7.39. The summed E-state index contributed by atoms with van der Waals surface area (Å²) in [6.45, 7) is 2.02. The maximum atomic E-state index is 11.4. The molecular weight excluding hydrogens is 242 g/mol. The lowest BCUT2D eigenvalue weighted by molar-refractivity contribution is -0.141. The molecule has 2 N–H and O–H groups in total. The van der Waals surface area contributed by atoms with E-state index in [9.17, 15) is 9.59 Å². The zero-order valence-corrected chi connectivity index (χ0v) is 12.1. The van der Waals surface area contributed by atoms with Gasteiger partial charge in [-0.25, -0.2) is 0 Å². The molecule has 1 atom stereocenters. The van der Waals surface area contributed by atoms with Crippen LogP contribution in [0.1, 0.15) is 79.4 Å². The molecule has 0 radical (unpaired) electrons. The minimum Gasteiger partial charge on any atom is -0.480 e. The maximum Gasteiger partial charge on any atom is 0.325 e. The molecule has 0 heterocycles. The molecule has 0 bridgehead atoms. The molecule has 0 unspecified atom stereocenters. The number of unbranched alkanes of at least 4 members (excludes halogenated alkanes) is 8. The van der Waals surface area contributed by atoms with Crippen LogP contribution in [0.15, 0.2) is 0 Å². The lowest BCUT2D eigenvalue weighted by Gasteiger charge is -2.08. The second-order valence-electron chi connectivity index (χ2n) is 5.06. The van der Waals surface area contributed by atoms with Crippen molar-refractivity contribution in [3.05, 3.63) is 0 Å². The van der Waals surface area contributed by atoms with Gasteiger partial charge in [-0.2, -0.15) is 0 Å². The van der Waals surface area contributed by atoms with E-state index in [-0.39, 0.29) is 5.91 Å². The van der Waals surface area contributed by atoms with Gasteiger partial charge in [0, 0.05) is 7.79 Å². The van der Waals surface area contributed by atoms with E-state index in [2.05, 4.69) is 5.32 Å². The summed E-state index contributed by atoms with van der Waals surface area (Å²) in [5, 5.41) is 11.1. The van der Waals surface area contributed by atoms with Crippen molar-refractivity contribution in [1.82, 2.24) is 5.32 Å². The van der Waals surface area contributed by atoms with Crippen molar-refractivity contribution in [2.45, 2.75) is 84.1 Å². The van der Waals surface area contributed by atoms with Crippen molar-refractivity contribution in [1.29, 1.82) is 0 Å². The van der Waals surface area contributed by atoms with Gasteiger partial charge in [0.05, 0.1) is 0 Å². The highest BCUT2D eigenvalue weighted by atomic mass is 16.4. The third kappa shape index (κ3) is 11.7. The Hall–Kier alpha value is -1.06. The molecule has 4 nitrogen and oxygen atoms in total. The number of hydrogen-bond donors (Lipinski definition) is 2. The van der Waals surface area contributed by atoms with Crippen LogP contribution in [0.3, 0.4) is 0 Å². The van der Waals surface area contributed by atoms with Crippen molar-refractivity contribution >= 4 is 11.9 Å². The highest BCUT2D eigenvalue weighted by Gasteiger charge is 2.12. The zero-order valence-electron chi connectivity index (χ0n) is 13.1. The molecule has 0 rings (SSSR count). The first-order valence-electron chi connectivity index (χ1n) is 8.10. The first kappa shape index (κ1) is 16.0. The zero-order chi connectivity index (χ0) is 15.2. The van der Waals surface area contributed by atoms with Gasteiger partial charge in [-0.3, -0.25) is 9.59 Å². The van der Waals surface area contributed by atoms with Crippen molar-refractivity contribution in [3.8, 4) is 0 Å². The van der Waals surface area contributed by atoms with Crippen LogP contribution in [0.2, 0.25) is 0 Å². The molecular formula is C15H29NO3. The standard InChI is InChI=1S/C15H29NO3/c1-3-4-5-6-7-8-9-10-11-12-14(17)16-13(2)15(18)19/h13H,3-12H2,1-2H3,(H,16,17)(H,18,19)/t13-/m0/s1/i1D. The Bertz CT molecular complexity index is 272. The molecule has 0 spiro atoms. The minimum atomic E-state index is -0.997. The molecule has 19 heavy (non-hydrogen) atoms. The molecule has 0 aliphatic carbocycles. The summed E-state index contributed by atoms with van der Waals surface area (Å²) in [5.74, 6) is -1.17. The second kappa shape index (κ2) is 12.0. The van der Waals surface area contributed by atoms with E-state index >= 15 is 0 Å². The predicted molar refractivity (Wildman–Crippen MR) is 77.1 cm³/mol. The molecule has 0 aliphatic rings. The third-order valence-electron chi connectivity index (χ3n) is 3.15. The SMILES string of the molecule is [2H]CCCCCCCCCCCC(=O)N[C@@H](C)C(=O)O. The maximum absolute atomic E-state index is 11.4. The van der Waals surface area contributed by atoms with E-state index in [0.29, 0.717) is 13.3 Å². The van der Waals surface area contributed by atoms with Crippen LogP contribution >= 0.6 is 0 Å². The summed E-state index contributed by atoms with van der Waals surface area (Å²) in [6.07, 6.45) is 10.5. The fourth-order valence-electron chi connectivity index (χ4n) is 1.90. The van der Waals surface area contributed by atoms with Gasteiger partial charge in [0.25, 0.3) is 0 Å². The molecule has 4 heteroatoms. The molecule has 0 fully saturated rings. The Morgan fingerprint density at radius 3 is 2.11 bits per heavy atom. The van der Waals surface area contributed by atoms with Crippen LogP contribution in [0.25, 0.3) is 0 Å². The molecule has 0 saturated carbocycles. The van der Waals surface area contributed by atoms with Gasteiger partial charge in [-0.1, -0.05) is 58.3 Å². The molecule has 112 valence electrons. The average molecular weight is 272 g/mol. The lowest BCUT2D eigenvalue weighted by Crippen LogP contribution is -2.38. The van der Waals surface area contributed by atoms with E-state index in [0.717, 1.165) is 25.7 Å². The summed E-state index contributed by atoms with van der Waals surface area (Å²) in [6, 6.07) is -0.800. The number of carbonyl (C=O) groups excluding carboxylic acids is 1. The summed E-state index contributed by atoms with van der Waals surface area (Å²) in [4.78, 5) is 22.0. The van der Waals surface area contributed by atoms with Crippen LogP contribution in [0.4, 0.5) is 0 Å². The fraction of sp³-hybridized carbons (Fsp3) is 0.867. The van der Waals surface area contributed by atoms with Gasteiger partial charge in [0.1, 0.15) is 6.04 Å². The van der Waals surface area contributed by atoms with Crippen LogP contribution in [-0.2, 0) is 9.59 Å². The van der Waals surface area contributed by atoms with Crippen molar-refractivity contribution in [2.75, 3.05) is 0 Å². The van der Waals surface area contributed by atoms with Crippen LogP contribution in [0.5, 0.6) is 0 Å². The smallest absolute Gasteiger partial charge is 0.325 e. The van der Waals surface area contributed by atoms with Crippen molar-refractivity contribution < 1.29 is 16.1 Å². The Morgan fingerprint density at radius 1 is 1.05 bits per heavy atom. The van der Waals surface area contributed by atoms with Gasteiger partial charge >= 0.3 is 5.97 Å². The monoisotopic (exact) mass is 272 g/mol. The van der Waals surface area contributed by atoms with Gasteiger partial charge in [-0.15, -0.1) is 0 Å². The fourth-order valence-corrected chi connectivity index (χ4v) is 1.90. The van der Waals surface area contributed by atoms with E-state index < -0.39 is 12.0 Å². The second-order valence-corrected chi connectivity index (χ2v) is 5.06. The minimum absolute atomic E-state index is 0.171. The summed E-state index contributed by atoms with van der Waals surface area (Å²) >= 11 is 0. The predicted octanol–water partition coefficient (Wildman–Crippen LogP) is 3.50. The number of aliphatic carboxylic acids is 1. The Labute approximate surface area is 118 Å². The number of rotatable bonds is 12. The average Bonchev–Trinajstić information content (AvgIpc) is 2.40. The number of amides is 1. The van der Waals surface area contributed by atoms with Crippen LogP contribution in [0, 0.1) is 0 Å². The molecule has 0 aromatic carbocycles.